The largest absolute Gasteiger partial charge is 0.457 e. The molecule has 3 aliphatic rings. The van der Waals surface area contributed by atoms with Gasteiger partial charge in [0, 0.05) is 37.8 Å². The second-order valence-electron chi connectivity index (χ2n) is 6.12. The summed E-state index contributed by atoms with van der Waals surface area (Å²) in [5.41, 5.74) is 4.02. The highest BCUT2D eigenvalue weighted by Crippen LogP contribution is 2.32. The van der Waals surface area contributed by atoms with Crippen LogP contribution in [0.15, 0.2) is 12.1 Å². The summed E-state index contributed by atoms with van der Waals surface area (Å²) >= 11 is 0. The van der Waals surface area contributed by atoms with Gasteiger partial charge in [0.2, 0.25) is 0 Å². The number of fused-ring (bicyclic) bond motifs is 2. The monoisotopic (exact) mass is 288 g/mol. The van der Waals surface area contributed by atoms with Crippen molar-refractivity contribution in [1.82, 2.24) is 10.2 Å². The molecule has 112 valence electrons. The molecule has 0 spiro atoms. The highest BCUT2D eigenvalue weighted by molar-refractivity contribution is 5.93. The molecule has 0 saturated carbocycles. The zero-order valence-electron chi connectivity index (χ0n) is 12.2. The Kier molecular flexibility index (Phi) is 3.21. The van der Waals surface area contributed by atoms with Gasteiger partial charge in [0.15, 0.2) is 0 Å². The molecule has 0 radical (unpaired) electrons. The first kappa shape index (κ1) is 13.2. The Bertz CT molecular complexity index is 587. The summed E-state index contributed by atoms with van der Waals surface area (Å²) in [6.45, 7) is 7.28. The van der Waals surface area contributed by atoms with Gasteiger partial charge in [0.25, 0.3) is 0 Å². The Morgan fingerprint density at radius 3 is 3.19 bits per heavy atom. The average molecular weight is 288 g/mol. The van der Waals surface area contributed by atoms with E-state index >= 15 is 0 Å². The molecule has 0 aromatic heterocycles. The Hall–Kier alpha value is -1.43. The van der Waals surface area contributed by atoms with E-state index < -0.39 is 0 Å². The molecular weight excluding hydrogens is 268 g/mol. The zero-order valence-corrected chi connectivity index (χ0v) is 12.2. The van der Waals surface area contributed by atoms with Crippen molar-refractivity contribution in [2.75, 3.05) is 32.8 Å². The molecule has 0 unspecified atom stereocenters. The Morgan fingerprint density at radius 2 is 2.29 bits per heavy atom. The van der Waals surface area contributed by atoms with E-state index in [2.05, 4.69) is 23.2 Å². The third kappa shape index (κ3) is 2.25. The molecular formula is C16H20N2O3. The molecule has 0 amide bonds. The highest BCUT2D eigenvalue weighted by atomic mass is 16.5. The van der Waals surface area contributed by atoms with E-state index in [0.29, 0.717) is 18.2 Å². The van der Waals surface area contributed by atoms with E-state index in [9.17, 15) is 4.79 Å². The topological polar surface area (TPSA) is 50.8 Å². The lowest BCUT2D eigenvalue weighted by molar-refractivity contribution is -0.0720. The van der Waals surface area contributed by atoms with E-state index in [1.807, 2.05) is 6.07 Å². The molecule has 3 aliphatic heterocycles. The first-order valence-electron chi connectivity index (χ1n) is 7.59. The molecule has 3 heterocycles. The Labute approximate surface area is 124 Å². The number of carbonyl (C=O) groups excluding carboxylic acids is 1. The highest BCUT2D eigenvalue weighted by Gasteiger charge is 2.33. The van der Waals surface area contributed by atoms with E-state index in [1.54, 1.807) is 0 Å². The van der Waals surface area contributed by atoms with Crippen molar-refractivity contribution in [3.63, 3.8) is 0 Å². The zero-order chi connectivity index (χ0) is 14.4. The van der Waals surface area contributed by atoms with Crippen molar-refractivity contribution >= 4 is 5.97 Å². The van der Waals surface area contributed by atoms with Gasteiger partial charge in [-0.1, -0.05) is 0 Å². The summed E-state index contributed by atoms with van der Waals surface area (Å²) in [6.07, 6.45) is 0.0975. The number of aryl methyl sites for hydroxylation is 1. The summed E-state index contributed by atoms with van der Waals surface area (Å²) in [7, 11) is 0. The van der Waals surface area contributed by atoms with Gasteiger partial charge in [0.05, 0.1) is 18.3 Å². The number of ether oxygens (including phenoxy) is 2. The first-order valence-corrected chi connectivity index (χ1v) is 7.59. The van der Waals surface area contributed by atoms with Gasteiger partial charge in [-0.05, 0) is 30.2 Å². The number of hydrogen-bond acceptors (Lipinski definition) is 5. The van der Waals surface area contributed by atoms with Crippen molar-refractivity contribution in [3.05, 3.63) is 34.4 Å². The summed E-state index contributed by atoms with van der Waals surface area (Å²) in [5, 5.41) is 3.41. The standard InChI is InChI=1S/C16H20N2O3/c1-10-4-14-11(8-21-16(14)19)5-13(10)15-7-18-3-2-17-6-12(18)9-20-15/h4-5,12,15,17H,2-3,6-9H2,1H3/t12-,15-/m0/s1. The van der Waals surface area contributed by atoms with Crippen LogP contribution in [0.5, 0.6) is 0 Å². The van der Waals surface area contributed by atoms with E-state index in [1.165, 1.54) is 5.56 Å². The third-order valence-corrected chi connectivity index (χ3v) is 4.78. The lowest BCUT2D eigenvalue weighted by Crippen LogP contribution is -2.57. The first-order chi connectivity index (χ1) is 10.2. The van der Waals surface area contributed by atoms with Crippen LogP contribution in [0.2, 0.25) is 0 Å². The number of cyclic esters (lactones) is 1. The van der Waals surface area contributed by atoms with E-state index in [4.69, 9.17) is 9.47 Å². The van der Waals surface area contributed by atoms with Gasteiger partial charge < -0.3 is 14.8 Å². The molecule has 2 fully saturated rings. The lowest BCUT2D eigenvalue weighted by atomic mass is 9.95. The van der Waals surface area contributed by atoms with Crippen LogP contribution in [-0.2, 0) is 16.1 Å². The summed E-state index contributed by atoms with van der Waals surface area (Å²) in [4.78, 5) is 14.1. The maximum absolute atomic E-state index is 11.6. The minimum Gasteiger partial charge on any atom is -0.457 e. The lowest BCUT2D eigenvalue weighted by Gasteiger charge is -2.43. The van der Waals surface area contributed by atoms with Crippen molar-refractivity contribution in [2.45, 2.75) is 25.7 Å². The van der Waals surface area contributed by atoms with Crippen LogP contribution in [0, 0.1) is 6.92 Å². The molecule has 1 aromatic carbocycles. The SMILES string of the molecule is Cc1cc2c(cc1[C@@H]1CN3CCNC[C@H]3CO1)COC2=O. The van der Waals surface area contributed by atoms with Crippen LogP contribution < -0.4 is 5.32 Å². The van der Waals surface area contributed by atoms with Crippen LogP contribution >= 0.6 is 0 Å². The summed E-state index contributed by atoms with van der Waals surface area (Å²) in [6, 6.07) is 4.55. The van der Waals surface area contributed by atoms with Crippen molar-refractivity contribution in [1.29, 1.82) is 0 Å². The maximum Gasteiger partial charge on any atom is 0.338 e. The van der Waals surface area contributed by atoms with Crippen molar-refractivity contribution in [2.24, 2.45) is 0 Å². The number of rotatable bonds is 1. The van der Waals surface area contributed by atoms with E-state index in [0.717, 1.165) is 43.9 Å². The number of nitrogens with one attached hydrogen (secondary N) is 1. The van der Waals surface area contributed by atoms with Gasteiger partial charge >= 0.3 is 5.97 Å². The molecule has 1 aromatic rings. The number of nitrogens with zero attached hydrogens (tertiary/aromatic N) is 1. The van der Waals surface area contributed by atoms with Gasteiger partial charge in [-0.3, -0.25) is 4.90 Å². The summed E-state index contributed by atoms with van der Waals surface area (Å²) in [5.74, 6) is -0.202. The average Bonchev–Trinajstić information content (AvgIpc) is 2.87. The van der Waals surface area contributed by atoms with Crippen LogP contribution in [0.4, 0.5) is 0 Å². The molecule has 1 N–H and O–H groups in total. The van der Waals surface area contributed by atoms with Crippen LogP contribution in [0.3, 0.4) is 0 Å². The Morgan fingerprint density at radius 1 is 1.38 bits per heavy atom. The fourth-order valence-corrected chi connectivity index (χ4v) is 3.54. The number of benzene rings is 1. The third-order valence-electron chi connectivity index (χ3n) is 4.78. The number of esters is 1. The smallest absolute Gasteiger partial charge is 0.338 e. The molecule has 0 bridgehead atoms. The predicted molar refractivity (Wildman–Crippen MR) is 77.2 cm³/mol. The minimum absolute atomic E-state index is 0.0975. The summed E-state index contributed by atoms with van der Waals surface area (Å²) < 4.78 is 11.2. The molecule has 2 atom stereocenters. The second kappa shape index (κ2) is 5.09. The number of carbonyl (C=O) groups is 1. The number of morpholine rings is 1. The van der Waals surface area contributed by atoms with Gasteiger partial charge in [0.1, 0.15) is 6.61 Å². The fraction of sp³-hybridized carbons (Fsp3) is 0.562. The molecule has 2 saturated heterocycles. The molecule has 5 heteroatoms. The minimum atomic E-state index is -0.202. The van der Waals surface area contributed by atoms with Crippen LogP contribution in [0.1, 0.15) is 33.2 Å². The van der Waals surface area contributed by atoms with Gasteiger partial charge in [-0.2, -0.15) is 0 Å². The van der Waals surface area contributed by atoms with Crippen molar-refractivity contribution < 1.29 is 14.3 Å². The number of hydrogen-bond donors (Lipinski definition) is 1. The predicted octanol–water partition coefficient (Wildman–Crippen LogP) is 1.01. The van der Waals surface area contributed by atoms with Crippen LogP contribution in [0.25, 0.3) is 0 Å². The van der Waals surface area contributed by atoms with Gasteiger partial charge in [-0.15, -0.1) is 0 Å². The maximum atomic E-state index is 11.6. The Balaban J connectivity index is 1.60. The van der Waals surface area contributed by atoms with Gasteiger partial charge in [-0.25, -0.2) is 4.79 Å². The number of piperazine rings is 1. The normalized spacial score (nSPS) is 28.9. The quantitative estimate of drug-likeness (QED) is 0.782. The van der Waals surface area contributed by atoms with Crippen LogP contribution in [-0.4, -0.2) is 49.7 Å². The molecule has 5 nitrogen and oxygen atoms in total. The van der Waals surface area contributed by atoms with Crippen molar-refractivity contribution in [3.8, 4) is 0 Å². The molecule has 0 aliphatic carbocycles. The fourth-order valence-electron chi connectivity index (χ4n) is 3.54. The molecule has 4 rings (SSSR count). The second-order valence-corrected chi connectivity index (χ2v) is 6.12. The molecule has 21 heavy (non-hydrogen) atoms. The van der Waals surface area contributed by atoms with E-state index in [-0.39, 0.29) is 12.1 Å².